The molecule has 2 nitrogen and oxygen atoms in total. The number of furan rings is 1. The van der Waals surface area contributed by atoms with Crippen LogP contribution in [0.4, 0.5) is 4.39 Å². The first-order chi connectivity index (χ1) is 8.17. The Hall–Kier alpha value is -0.870. The maximum absolute atomic E-state index is 13.4. The van der Waals surface area contributed by atoms with Crippen LogP contribution in [0.15, 0.2) is 21.0 Å². The summed E-state index contributed by atoms with van der Waals surface area (Å²) in [6.07, 6.45) is 1.92. The van der Waals surface area contributed by atoms with Gasteiger partial charge in [0, 0.05) is 10.9 Å². The van der Waals surface area contributed by atoms with E-state index in [4.69, 9.17) is 4.42 Å². The highest BCUT2D eigenvalue weighted by molar-refractivity contribution is 9.10. The molecule has 1 aromatic heterocycles. The van der Waals surface area contributed by atoms with Crippen LogP contribution in [0.25, 0.3) is 11.0 Å². The van der Waals surface area contributed by atoms with E-state index < -0.39 is 0 Å². The molecule has 0 atom stereocenters. The highest BCUT2D eigenvalue weighted by atomic mass is 79.9. The standard InChI is InChI=1S/C13H15BrFNO/c1-3-4-9-10-5-8(15)6-11(14)13(10)17-12(9)7-16-2/h5-6,16H,3-4,7H2,1-2H3. The van der Waals surface area contributed by atoms with Crippen molar-refractivity contribution in [3.8, 4) is 0 Å². The van der Waals surface area contributed by atoms with Crippen molar-refractivity contribution in [1.29, 1.82) is 0 Å². The fourth-order valence-electron chi connectivity index (χ4n) is 2.05. The second-order valence-electron chi connectivity index (χ2n) is 4.05. The maximum atomic E-state index is 13.4. The van der Waals surface area contributed by atoms with E-state index in [-0.39, 0.29) is 5.82 Å². The lowest BCUT2D eigenvalue weighted by molar-refractivity contribution is 0.521. The van der Waals surface area contributed by atoms with Crippen molar-refractivity contribution in [1.82, 2.24) is 5.32 Å². The molecule has 0 saturated heterocycles. The summed E-state index contributed by atoms with van der Waals surface area (Å²) < 4.78 is 19.9. The van der Waals surface area contributed by atoms with Gasteiger partial charge in [0.2, 0.25) is 0 Å². The fourth-order valence-corrected chi connectivity index (χ4v) is 2.56. The summed E-state index contributed by atoms with van der Waals surface area (Å²) in [5.41, 5.74) is 1.84. The van der Waals surface area contributed by atoms with Gasteiger partial charge in [-0.3, -0.25) is 0 Å². The highest BCUT2D eigenvalue weighted by Gasteiger charge is 2.16. The maximum Gasteiger partial charge on any atom is 0.149 e. The monoisotopic (exact) mass is 299 g/mol. The van der Waals surface area contributed by atoms with Crippen molar-refractivity contribution in [3.05, 3.63) is 33.7 Å². The SMILES string of the molecule is CCCc1c(CNC)oc2c(Br)cc(F)cc12. The second kappa shape index (κ2) is 5.19. The summed E-state index contributed by atoms with van der Waals surface area (Å²) in [7, 11) is 1.87. The van der Waals surface area contributed by atoms with Crippen LogP contribution in [0.2, 0.25) is 0 Å². The van der Waals surface area contributed by atoms with Gasteiger partial charge in [-0.15, -0.1) is 0 Å². The lowest BCUT2D eigenvalue weighted by atomic mass is 10.1. The normalized spacial score (nSPS) is 11.3. The van der Waals surface area contributed by atoms with Gasteiger partial charge in [0.15, 0.2) is 0 Å². The number of fused-ring (bicyclic) bond motifs is 1. The summed E-state index contributed by atoms with van der Waals surface area (Å²) in [5.74, 6) is 0.661. The Morgan fingerprint density at radius 3 is 2.82 bits per heavy atom. The topological polar surface area (TPSA) is 25.2 Å². The molecule has 4 heteroatoms. The van der Waals surface area contributed by atoms with E-state index in [1.54, 1.807) is 6.07 Å². The third kappa shape index (κ3) is 2.38. The van der Waals surface area contributed by atoms with Gasteiger partial charge < -0.3 is 9.73 Å². The van der Waals surface area contributed by atoms with E-state index in [1.165, 1.54) is 6.07 Å². The molecule has 0 aliphatic carbocycles. The lowest BCUT2D eigenvalue weighted by Gasteiger charge is -2.00. The summed E-state index contributed by atoms with van der Waals surface area (Å²) in [6, 6.07) is 2.98. The zero-order chi connectivity index (χ0) is 12.4. The smallest absolute Gasteiger partial charge is 0.149 e. The number of rotatable bonds is 4. The summed E-state index contributed by atoms with van der Waals surface area (Å²) in [4.78, 5) is 0. The number of aryl methyl sites for hydroxylation is 1. The van der Waals surface area contributed by atoms with E-state index in [9.17, 15) is 4.39 Å². The van der Waals surface area contributed by atoms with E-state index in [0.717, 1.165) is 35.1 Å². The molecule has 92 valence electrons. The number of benzene rings is 1. The molecule has 1 aromatic carbocycles. The Morgan fingerprint density at radius 2 is 2.18 bits per heavy atom. The quantitative estimate of drug-likeness (QED) is 0.923. The first-order valence-corrected chi connectivity index (χ1v) is 6.50. The number of hydrogen-bond acceptors (Lipinski definition) is 2. The molecule has 1 heterocycles. The zero-order valence-corrected chi connectivity index (χ0v) is 11.5. The van der Waals surface area contributed by atoms with Crippen LogP contribution in [0.3, 0.4) is 0 Å². The molecule has 0 unspecified atom stereocenters. The van der Waals surface area contributed by atoms with Crippen LogP contribution >= 0.6 is 15.9 Å². The van der Waals surface area contributed by atoms with Crippen molar-refractivity contribution in [2.24, 2.45) is 0 Å². The second-order valence-corrected chi connectivity index (χ2v) is 4.90. The molecule has 0 saturated carbocycles. The molecule has 0 aliphatic heterocycles. The minimum Gasteiger partial charge on any atom is -0.458 e. The van der Waals surface area contributed by atoms with E-state index >= 15 is 0 Å². The Labute approximate surface area is 108 Å². The Balaban J connectivity index is 2.66. The Morgan fingerprint density at radius 1 is 1.41 bits per heavy atom. The minimum absolute atomic E-state index is 0.237. The number of nitrogens with one attached hydrogen (secondary N) is 1. The number of hydrogen-bond donors (Lipinski definition) is 1. The van der Waals surface area contributed by atoms with Gasteiger partial charge in [0.05, 0.1) is 11.0 Å². The van der Waals surface area contributed by atoms with E-state index in [2.05, 4.69) is 28.2 Å². The van der Waals surface area contributed by atoms with Gasteiger partial charge in [0.25, 0.3) is 0 Å². The average molecular weight is 300 g/mol. The van der Waals surface area contributed by atoms with E-state index in [0.29, 0.717) is 11.0 Å². The van der Waals surface area contributed by atoms with Gasteiger partial charge in [-0.1, -0.05) is 13.3 Å². The Bertz CT molecular complexity index is 536. The molecule has 1 N–H and O–H groups in total. The molecule has 0 spiro atoms. The van der Waals surface area contributed by atoms with Crippen LogP contribution in [0, 0.1) is 5.82 Å². The van der Waals surface area contributed by atoms with Gasteiger partial charge in [-0.25, -0.2) is 4.39 Å². The van der Waals surface area contributed by atoms with Gasteiger partial charge >= 0.3 is 0 Å². The van der Waals surface area contributed by atoms with Crippen LogP contribution in [0.5, 0.6) is 0 Å². The molecule has 0 amide bonds. The van der Waals surface area contributed by atoms with Crippen molar-refractivity contribution < 1.29 is 8.81 Å². The van der Waals surface area contributed by atoms with Crippen molar-refractivity contribution in [2.45, 2.75) is 26.3 Å². The largest absolute Gasteiger partial charge is 0.458 e. The highest BCUT2D eigenvalue weighted by Crippen LogP contribution is 2.33. The van der Waals surface area contributed by atoms with Crippen LogP contribution < -0.4 is 5.32 Å². The average Bonchev–Trinajstić information content (AvgIpc) is 2.59. The predicted octanol–water partition coefficient (Wildman–Crippen LogP) is 4.01. The summed E-state index contributed by atoms with van der Waals surface area (Å²) in [6.45, 7) is 2.77. The van der Waals surface area contributed by atoms with Crippen molar-refractivity contribution in [3.63, 3.8) is 0 Å². The van der Waals surface area contributed by atoms with Crippen LogP contribution in [-0.2, 0) is 13.0 Å². The third-order valence-corrected chi connectivity index (χ3v) is 3.32. The zero-order valence-electron chi connectivity index (χ0n) is 9.94. The van der Waals surface area contributed by atoms with Gasteiger partial charge in [-0.05, 0) is 41.5 Å². The minimum atomic E-state index is -0.237. The van der Waals surface area contributed by atoms with E-state index in [1.807, 2.05) is 7.05 Å². The first-order valence-electron chi connectivity index (χ1n) is 5.71. The molecular weight excluding hydrogens is 285 g/mol. The molecule has 0 bridgehead atoms. The predicted molar refractivity (Wildman–Crippen MR) is 70.6 cm³/mol. The molecule has 2 rings (SSSR count). The summed E-state index contributed by atoms with van der Waals surface area (Å²) >= 11 is 3.34. The molecule has 2 aromatic rings. The first kappa shape index (κ1) is 12.6. The lowest BCUT2D eigenvalue weighted by Crippen LogP contribution is -2.05. The molecule has 0 fully saturated rings. The molecule has 0 aliphatic rings. The van der Waals surface area contributed by atoms with Crippen molar-refractivity contribution >= 4 is 26.9 Å². The summed E-state index contributed by atoms with van der Waals surface area (Å²) in [5, 5.41) is 3.95. The van der Waals surface area contributed by atoms with Crippen LogP contribution in [-0.4, -0.2) is 7.05 Å². The molecule has 0 radical (unpaired) electrons. The molecule has 17 heavy (non-hydrogen) atoms. The van der Waals surface area contributed by atoms with Crippen LogP contribution in [0.1, 0.15) is 24.7 Å². The van der Waals surface area contributed by atoms with Crippen molar-refractivity contribution in [2.75, 3.05) is 7.05 Å². The van der Waals surface area contributed by atoms with Gasteiger partial charge in [-0.2, -0.15) is 0 Å². The van der Waals surface area contributed by atoms with Gasteiger partial charge in [0.1, 0.15) is 17.2 Å². The Kier molecular flexibility index (Phi) is 3.84. The third-order valence-electron chi connectivity index (χ3n) is 2.73. The molecular formula is C13H15BrFNO. The number of halogens is 2. The fraction of sp³-hybridized carbons (Fsp3) is 0.385.